The molecule has 0 radical (unpaired) electrons. The van der Waals surface area contributed by atoms with Crippen molar-refractivity contribution in [2.75, 3.05) is 6.61 Å². The van der Waals surface area contributed by atoms with Gasteiger partial charge in [0, 0.05) is 4.90 Å². The SMILES string of the molecule is CCOP(=O)(Cl)Sc1ccccc1. The third-order valence-corrected chi connectivity index (χ3v) is 5.03. The highest BCUT2D eigenvalue weighted by Gasteiger charge is 2.20. The van der Waals surface area contributed by atoms with Gasteiger partial charge in [-0.2, -0.15) is 0 Å². The fourth-order valence-corrected chi connectivity index (χ4v) is 4.28. The Balaban J connectivity index is 2.64. The number of benzene rings is 1. The van der Waals surface area contributed by atoms with Crippen molar-refractivity contribution in [3.05, 3.63) is 30.3 Å². The Morgan fingerprint density at radius 2 is 2.08 bits per heavy atom. The van der Waals surface area contributed by atoms with E-state index >= 15 is 0 Å². The van der Waals surface area contributed by atoms with Crippen LogP contribution in [0.25, 0.3) is 0 Å². The van der Waals surface area contributed by atoms with E-state index in [2.05, 4.69) is 0 Å². The topological polar surface area (TPSA) is 26.3 Å². The van der Waals surface area contributed by atoms with Gasteiger partial charge < -0.3 is 4.52 Å². The first kappa shape index (κ1) is 11.1. The van der Waals surface area contributed by atoms with Crippen LogP contribution in [0.3, 0.4) is 0 Å². The second kappa shape index (κ2) is 5.06. The zero-order valence-electron chi connectivity index (χ0n) is 7.14. The Morgan fingerprint density at radius 3 is 2.62 bits per heavy atom. The first-order chi connectivity index (χ1) is 6.14. The van der Waals surface area contributed by atoms with Crippen molar-refractivity contribution in [2.45, 2.75) is 11.8 Å². The predicted molar refractivity (Wildman–Crippen MR) is 57.4 cm³/mol. The molecule has 0 heterocycles. The number of rotatable bonds is 4. The molecular weight excluding hydrogens is 227 g/mol. The third-order valence-electron chi connectivity index (χ3n) is 1.24. The van der Waals surface area contributed by atoms with E-state index in [9.17, 15) is 4.57 Å². The summed E-state index contributed by atoms with van der Waals surface area (Å²) in [5, 5.41) is 0. The average molecular weight is 237 g/mol. The van der Waals surface area contributed by atoms with Crippen LogP contribution >= 0.6 is 28.5 Å². The summed E-state index contributed by atoms with van der Waals surface area (Å²) >= 11 is 6.74. The van der Waals surface area contributed by atoms with Crippen LogP contribution in [0.2, 0.25) is 0 Å². The van der Waals surface area contributed by atoms with Crippen LogP contribution in [0.5, 0.6) is 0 Å². The molecule has 0 aliphatic carbocycles. The minimum absolute atomic E-state index is 0.362. The van der Waals surface area contributed by atoms with Crippen molar-refractivity contribution in [3.63, 3.8) is 0 Å². The van der Waals surface area contributed by atoms with E-state index in [1.54, 1.807) is 6.92 Å². The van der Waals surface area contributed by atoms with E-state index < -0.39 is 5.92 Å². The second-order valence-electron chi connectivity index (χ2n) is 2.25. The maximum Gasteiger partial charge on any atom is 0.351 e. The molecule has 13 heavy (non-hydrogen) atoms. The summed E-state index contributed by atoms with van der Waals surface area (Å²) in [4.78, 5) is 0.856. The molecule has 0 spiro atoms. The Hall–Kier alpha value is 0.0500. The van der Waals surface area contributed by atoms with Crippen molar-refractivity contribution in [1.29, 1.82) is 0 Å². The maximum absolute atomic E-state index is 11.5. The van der Waals surface area contributed by atoms with E-state index in [1.165, 1.54) is 0 Å². The molecule has 0 saturated heterocycles. The summed E-state index contributed by atoms with van der Waals surface area (Å²) in [6.07, 6.45) is 0. The van der Waals surface area contributed by atoms with Crippen LogP contribution in [-0.4, -0.2) is 6.61 Å². The van der Waals surface area contributed by atoms with Crippen molar-refractivity contribution in [1.82, 2.24) is 0 Å². The third kappa shape index (κ3) is 4.19. The predicted octanol–water partition coefficient (Wildman–Crippen LogP) is 4.16. The van der Waals surface area contributed by atoms with Crippen molar-refractivity contribution in [2.24, 2.45) is 0 Å². The molecule has 0 aromatic heterocycles. The monoisotopic (exact) mass is 236 g/mol. The normalized spacial score (nSPS) is 15.2. The molecule has 1 rings (SSSR count). The van der Waals surface area contributed by atoms with Gasteiger partial charge >= 0.3 is 5.92 Å². The quantitative estimate of drug-likeness (QED) is 0.735. The van der Waals surface area contributed by atoms with Crippen molar-refractivity contribution in [3.8, 4) is 0 Å². The van der Waals surface area contributed by atoms with Crippen LogP contribution < -0.4 is 0 Å². The molecule has 0 aliphatic rings. The molecule has 0 fully saturated rings. The minimum Gasteiger partial charge on any atom is -0.310 e. The van der Waals surface area contributed by atoms with Crippen LogP contribution in [0.15, 0.2) is 35.2 Å². The molecule has 0 aliphatic heterocycles. The summed E-state index contributed by atoms with van der Waals surface area (Å²) in [5.74, 6) is -3.03. The molecule has 2 nitrogen and oxygen atoms in total. The minimum atomic E-state index is -3.03. The first-order valence-corrected chi connectivity index (χ1v) is 7.78. The molecule has 0 N–H and O–H groups in total. The zero-order valence-corrected chi connectivity index (χ0v) is 9.61. The van der Waals surface area contributed by atoms with Gasteiger partial charge in [0.25, 0.3) is 0 Å². The highest BCUT2D eigenvalue weighted by Crippen LogP contribution is 2.66. The van der Waals surface area contributed by atoms with Crippen LogP contribution in [0, 0.1) is 0 Å². The molecule has 5 heteroatoms. The lowest BCUT2D eigenvalue weighted by atomic mass is 10.4. The van der Waals surface area contributed by atoms with E-state index in [0.717, 1.165) is 16.3 Å². The zero-order chi connectivity index (χ0) is 9.73. The molecule has 1 aromatic carbocycles. The highest BCUT2D eigenvalue weighted by molar-refractivity contribution is 8.63. The molecule has 1 aromatic rings. The van der Waals surface area contributed by atoms with Gasteiger partial charge in [-0.3, -0.25) is 4.57 Å². The summed E-state index contributed by atoms with van der Waals surface area (Å²) < 4.78 is 16.4. The van der Waals surface area contributed by atoms with Gasteiger partial charge in [0.1, 0.15) is 0 Å². The smallest absolute Gasteiger partial charge is 0.310 e. The highest BCUT2D eigenvalue weighted by atomic mass is 35.7. The fraction of sp³-hybridized carbons (Fsp3) is 0.250. The number of halogens is 1. The number of hydrogen-bond donors (Lipinski definition) is 0. The van der Waals surface area contributed by atoms with Gasteiger partial charge in [0.2, 0.25) is 0 Å². The lowest BCUT2D eigenvalue weighted by molar-refractivity contribution is 0.356. The van der Waals surface area contributed by atoms with Gasteiger partial charge in [0.15, 0.2) is 0 Å². The fourth-order valence-electron chi connectivity index (χ4n) is 0.788. The van der Waals surface area contributed by atoms with Crippen LogP contribution in [0.4, 0.5) is 0 Å². The molecule has 1 unspecified atom stereocenters. The Labute approximate surface area is 86.6 Å². The average Bonchev–Trinajstić information content (AvgIpc) is 2.04. The van der Waals surface area contributed by atoms with Gasteiger partial charge in [-0.05, 0) is 41.7 Å². The van der Waals surface area contributed by atoms with Gasteiger partial charge in [-0.1, -0.05) is 18.2 Å². The first-order valence-electron chi connectivity index (χ1n) is 3.83. The summed E-state index contributed by atoms with van der Waals surface area (Å²) in [7, 11) is 0. The van der Waals surface area contributed by atoms with Crippen molar-refractivity contribution < 1.29 is 9.09 Å². The van der Waals surface area contributed by atoms with E-state index in [0.29, 0.717) is 6.61 Å². The molecule has 0 bridgehead atoms. The lowest BCUT2D eigenvalue weighted by Crippen LogP contribution is -1.79. The van der Waals surface area contributed by atoms with Crippen LogP contribution in [0.1, 0.15) is 6.92 Å². The van der Waals surface area contributed by atoms with E-state index in [-0.39, 0.29) is 0 Å². The Bertz CT molecular complexity index is 304. The van der Waals surface area contributed by atoms with E-state index in [1.807, 2.05) is 30.3 Å². The molecule has 0 amide bonds. The van der Waals surface area contributed by atoms with E-state index in [4.69, 9.17) is 15.8 Å². The summed E-state index contributed by atoms with van der Waals surface area (Å²) in [5.41, 5.74) is 0. The largest absolute Gasteiger partial charge is 0.351 e. The Kier molecular flexibility index (Phi) is 4.33. The Morgan fingerprint density at radius 1 is 1.46 bits per heavy atom. The second-order valence-corrected chi connectivity index (χ2v) is 7.95. The molecule has 72 valence electrons. The van der Waals surface area contributed by atoms with Crippen LogP contribution in [-0.2, 0) is 9.09 Å². The summed E-state index contributed by atoms with van der Waals surface area (Å²) in [6.45, 7) is 2.13. The van der Waals surface area contributed by atoms with Gasteiger partial charge in [0.05, 0.1) is 6.61 Å². The number of hydrogen-bond acceptors (Lipinski definition) is 3. The molecule has 1 atom stereocenters. The summed E-state index contributed by atoms with van der Waals surface area (Å²) in [6, 6.07) is 9.32. The molecule has 0 saturated carbocycles. The molecular formula is C8H10ClO2PS. The van der Waals surface area contributed by atoms with Gasteiger partial charge in [-0.15, -0.1) is 0 Å². The van der Waals surface area contributed by atoms with Crippen molar-refractivity contribution >= 4 is 28.5 Å². The standard InChI is InChI=1S/C8H10ClO2PS/c1-2-11-12(9,10)13-8-6-4-3-5-7-8/h3-7H,2H2,1H3. The lowest BCUT2D eigenvalue weighted by Gasteiger charge is -2.08. The van der Waals surface area contributed by atoms with Gasteiger partial charge in [-0.25, -0.2) is 0 Å². The maximum atomic E-state index is 11.5.